The molecular formula is C17H20N2OS. The fraction of sp³-hybridized carbons (Fsp3) is 0.118. The third-order valence-corrected chi connectivity index (χ3v) is 2.91. The molecule has 2 rings (SSSR count). The maximum absolute atomic E-state index is 8.36. The average Bonchev–Trinajstić information content (AvgIpc) is 2.40. The molecule has 3 nitrogen and oxygen atoms in total. The van der Waals surface area contributed by atoms with Crippen LogP contribution in [0.1, 0.15) is 12.5 Å². The van der Waals surface area contributed by atoms with Crippen molar-refractivity contribution in [2.45, 2.75) is 18.7 Å². The zero-order valence-corrected chi connectivity index (χ0v) is 13.1. The minimum Gasteiger partial charge on any atom is -0.512 e. The number of hydrogen-bond donors (Lipinski definition) is 4. The van der Waals surface area contributed by atoms with Crippen LogP contribution in [0.25, 0.3) is 11.1 Å². The van der Waals surface area contributed by atoms with Crippen molar-refractivity contribution < 1.29 is 5.11 Å². The number of aryl methyl sites for hydroxylation is 1. The maximum atomic E-state index is 8.36. The number of amidine groups is 1. The van der Waals surface area contributed by atoms with Gasteiger partial charge in [0.05, 0.1) is 5.76 Å². The summed E-state index contributed by atoms with van der Waals surface area (Å²) < 4.78 is 0. The summed E-state index contributed by atoms with van der Waals surface area (Å²) in [5, 5.41) is 14.9. The van der Waals surface area contributed by atoms with Crippen molar-refractivity contribution in [3.05, 3.63) is 65.9 Å². The lowest BCUT2D eigenvalue weighted by Gasteiger charge is -2.02. The molecule has 0 radical (unpaired) electrons. The number of aliphatic hydroxyl groups is 1. The van der Waals surface area contributed by atoms with Gasteiger partial charge in [0.15, 0.2) is 0 Å². The van der Waals surface area contributed by atoms with E-state index >= 15 is 0 Å². The molecule has 0 aliphatic rings. The lowest BCUT2D eigenvalue weighted by atomic mass is 10.0. The number of rotatable bonds is 2. The molecule has 0 heterocycles. The number of nitrogens with two attached hydrogens (primary N) is 1. The van der Waals surface area contributed by atoms with E-state index in [1.54, 1.807) is 0 Å². The van der Waals surface area contributed by atoms with Crippen LogP contribution in [0, 0.1) is 12.3 Å². The Balaban J connectivity index is 0.000000270. The van der Waals surface area contributed by atoms with Crippen LogP contribution < -0.4 is 5.73 Å². The molecule has 0 fully saturated rings. The molecule has 0 bridgehead atoms. The minimum absolute atomic E-state index is 0.0625. The average molecular weight is 300 g/mol. The second-order valence-electron chi connectivity index (χ2n) is 4.65. The second-order valence-corrected chi connectivity index (χ2v) is 5.17. The van der Waals surface area contributed by atoms with Crippen LogP contribution in [-0.4, -0.2) is 10.9 Å². The Morgan fingerprint density at radius 3 is 1.81 bits per heavy atom. The summed E-state index contributed by atoms with van der Waals surface area (Å²) in [5.41, 5.74) is 8.62. The summed E-state index contributed by atoms with van der Waals surface area (Å²) in [4.78, 5) is 1.00. The quantitative estimate of drug-likeness (QED) is 0.288. The molecule has 21 heavy (non-hydrogen) atoms. The van der Waals surface area contributed by atoms with Crippen molar-refractivity contribution in [2.24, 2.45) is 5.73 Å². The summed E-state index contributed by atoms with van der Waals surface area (Å²) in [7, 11) is 0. The predicted octanol–water partition coefficient (Wildman–Crippen LogP) is 4.33. The number of thiol groups is 1. The van der Waals surface area contributed by atoms with Crippen LogP contribution in [0.4, 0.5) is 0 Å². The van der Waals surface area contributed by atoms with E-state index in [2.05, 4.69) is 56.0 Å². The Hall–Kier alpha value is -2.20. The van der Waals surface area contributed by atoms with E-state index < -0.39 is 0 Å². The highest BCUT2D eigenvalue weighted by Crippen LogP contribution is 2.20. The van der Waals surface area contributed by atoms with Gasteiger partial charge in [-0.15, -0.1) is 12.6 Å². The molecule has 2 aromatic rings. The summed E-state index contributed by atoms with van der Waals surface area (Å²) in [6.45, 7) is 3.56. The van der Waals surface area contributed by atoms with E-state index in [-0.39, 0.29) is 11.6 Å². The van der Waals surface area contributed by atoms with E-state index in [4.69, 9.17) is 16.2 Å². The number of hydrogen-bond acceptors (Lipinski definition) is 3. The lowest BCUT2D eigenvalue weighted by Crippen LogP contribution is -2.05. The molecular weight excluding hydrogens is 280 g/mol. The molecule has 2 aromatic carbocycles. The number of benzene rings is 2. The highest BCUT2D eigenvalue weighted by molar-refractivity contribution is 7.80. The van der Waals surface area contributed by atoms with Crippen LogP contribution in [0.15, 0.2) is 65.3 Å². The summed E-state index contributed by atoms with van der Waals surface area (Å²) in [6.07, 6.45) is 1.17. The zero-order valence-electron chi connectivity index (χ0n) is 12.2. The van der Waals surface area contributed by atoms with Crippen molar-refractivity contribution in [3.8, 4) is 11.1 Å². The fourth-order valence-corrected chi connectivity index (χ4v) is 1.77. The zero-order chi connectivity index (χ0) is 15.8. The normalized spacial score (nSPS) is 10.5. The van der Waals surface area contributed by atoms with Crippen molar-refractivity contribution in [1.29, 1.82) is 5.41 Å². The molecule has 110 valence electrons. The van der Waals surface area contributed by atoms with Gasteiger partial charge in [0, 0.05) is 11.0 Å². The van der Waals surface area contributed by atoms with E-state index in [9.17, 15) is 0 Å². The van der Waals surface area contributed by atoms with Gasteiger partial charge in [-0.25, -0.2) is 0 Å². The highest BCUT2D eigenvalue weighted by atomic mass is 32.1. The Labute approximate surface area is 131 Å². The molecule has 0 saturated carbocycles. The first kappa shape index (κ1) is 16.9. The van der Waals surface area contributed by atoms with Crippen LogP contribution >= 0.6 is 12.6 Å². The topological polar surface area (TPSA) is 70.1 Å². The first-order valence-corrected chi connectivity index (χ1v) is 6.90. The molecule has 0 aliphatic carbocycles. The largest absolute Gasteiger partial charge is 0.512 e. The van der Waals surface area contributed by atoms with E-state index in [0.29, 0.717) is 0 Å². The van der Waals surface area contributed by atoms with Gasteiger partial charge in [0.25, 0.3) is 0 Å². The Morgan fingerprint density at radius 2 is 1.48 bits per heavy atom. The van der Waals surface area contributed by atoms with Crippen molar-refractivity contribution in [2.75, 3.05) is 0 Å². The SMILES string of the molecule is C/C(O)=C/C(=N)N.Cc1ccc(-c2ccc(S)cc2)cc1. The Morgan fingerprint density at radius 1 is 1.05 bits per heavy atom. The number of nitrogens with one attached hydrogen (secondary N) is 1. The summed E-state index contributed by atoms with van der Waals surface area (Å²) in [6, 6.07) is 16.7. The molecule has 4 heteroatoms. The van der Waals surface area contributed by atoms with Crippen LogP contribution in [0.5, 0.6) is 0 Å². The van der Waals surface area contributed by atoms with Crippen LogP contribution in [0.3, 0.4) is 0 Å². The second kappa shape index (κ2) is 8.17. The molecule has 0 saturated heterocycles. The summed E-state index contributed by atoms with van der Waals surface area (Å²) >= 11 is 4.26. The van der Waals surface area contributed by atoms with E-state index in [0.717, 1.165) is 4.90 Å². The lowest BCUT2D eigenvalue weighted by molar-refractivity contribution is 0.415. The standard InChI is InChI=1S/C13H12S.C4H8N2O/c1-10-2-4-11(5-3-10)12-6-8-13(14)9-7-12;1-3(7)2-4(5)6/h2-9,14H,1H3;2,7H,1H3,(H3,5,6)/b;3-2-. The van der Waals surface area contributed by atoms with Gasteiger partial charge in [-0.1, -0.05) is 42.0 Å². The number of allylic oxidation sites excluding steroid dienone is 1. The number of aliphatic hydroxyl groups excluding tert-OH is 1. The molecule has 0 aromatic heterocycles. The first-order valence-electron chi connectivity index (χ1n) is 6.46. The molecule has 0 amide bonds. The molecule has 4 N–H and O–H groups in total. The van der Waals surface area contributed by atoms with Gasteiger partial charge in [0.2, 0.25) is 0 Å². The van der Waals surface area contributed by atoms with E-state index in [1.165, 1.54) is 29.7 Å². The third-order valence-electron chi connectivity index (χ3n) is 2.62. The van der Waals surface area contributed by atoms with Crippen molar-refractivity contribution in [1.82, 2.24) is 0 Å². The molecule has 0 spiro atoms. The minimum atomic E-state index is -0.125. The Bertz CT molecular complexity index is 569. The summed E-state index contributed by atoms with van der Waals surface area (Å²) in [5.74, 6) is -0.0625. The van der Waals surface area contributed by atoms with E-state index in [1.807, 2.05) is 12.1 Å². The third kappa shape index (κ3) is 6.68. The van der Waals surface area contributed by atoms with Crippen molar-refractivity contribution in [3.63, 3.8) is 0 Å². The van der Waals surface area contributed by atoms with Gasteiger partial charge in [-0.2, -0.15) is 0 Å². The Kier molecular flexibility index (Phi) is 6.56. The van der Waals surface area contributed by atoms with Gasteiger partial charge < -0.3 is 10.8 Å². The smallest absolute Gasteiger partial charge is 0.118 e. The van der Waals surface area contributed by atoms with Gasteiger partial charge in [-0.3, -0.25) is 5.41 Å². The van der Waals surface area contributed by atoms with Crippen LogP contribution in [-0.2, 0) is 0 Å². The predicted molar refractivity (Wildman–Crippen MR) is 92.2 cm³/mol. The molecule has 0 aliphatic heterocycles. The molecule has 0 unspecified atom stereocenters. The van der Waals surface area contributed by atoms with Gasteiger partial charge >= 0.3 is 0 Å². The highest BCUT2D eigenvalue weighted by Gasteiger charge is 1.95. The molecule has 0 atom stereocenters. The van der Waals surface area contributed by atoms with Gasteiger partial charge in [-0.05, 0) is 37.1 Å². The van der Waals surface area contributed by atoms with Crippen LogP contribution in [0.2, 0.25) is 0 Å². The monoisotopic (exact) mass is 300 g/mol. The van der Waals surface area contributed by atoms with Gasteiger partial charge in [0.1, 0.15) is 5.84 Å². The fourth-order valence-electron chi connectivity index (χ4n) is 1.62. The first-order chi connectivity index (χ1) is 9.88. The maximum Gasteiger partial charge on any atom is 0.118 e. The van der Waals surface area contributed by atoms with Crippen molar-refractivity contribution >= 4 is 18.5 Å².